The third-order valence-corrected chi connectivity index (χ3v) is 4.50. The van der Waals surface area contributed by atoms with E-state index < -0.39 is 10.5 Å². The standard InChI is InChI=1S/C20H22N2O4/c1-13-8-9-15-16(12-20(2,3)26-18(15)10-13)21-19(23)11-14-6-4-5-7-17(14)22(24)25/h4-10,16H,11-12H2,1-3H3,(H,21,23)/t16-/m0/s1. The van der Waals surface area contributed by atoms with Gasteiger partial charge in [0.05, 0.1) is 17.4 Å². The van der Waals surface area contributed by atoms with E-state index in [1.54, 1.807) is 18.2 Å². The Morgan fingerprint density at radius 2 is 2.04 bits per heavy atom. The largest absolute Gasteiger partial charge is 0.487 e. The Morgan fingerprint density at radius 1 is 1.31 bits per heavy atom. The number of amides is 1. The van der Waals surface area contributed by atoms with Gasteiger partial charge in [-0.2, -0.15) is 0 Å². The highest BCUT2D eigenvalue weighted by Crippen LogP contribution is 2.39. The molecule has 0 aliphatic carbocycles. The lowest BCUT2D eigenvalue weighted by atomic mass is 9.89. The minimum absolute atomic E-state index is 0.0316. The molecule has 1 heterocycles. The number of nitrogens with zero attached hydrogens (tertiary/aromatic N) is 1. The Labute approximate surface area is 152 Å². The van der Waals surface area contributed by atoms with Crippen molar-refractivity contribution >= 4 is 11.6 Å². The van der Waals surface area contributed by atoms with Crippen molar-refractivity contribution in [2.24, 2.45) is 0 Å². The molecular formula is C20H22N2O4. The van der Waals surface area contributed by atoms with Crippen LogP contribution >= 0.6 is 0 Å². The second-order valence-electron chi connectivity index (χ2n) is 7.29. The van der Waals surface area contributed by atoms with Gasteiger partial charge in [0.1, 0.15) is 11.4 Å². The van der Waals surface area contributed by atoms with Crippen LogP contribution in [0.25, 0.3) is 0 Å². The van der Waals surface area contributed by atoms with Crippen molar-refractivity contribution in [2.75, 3.05) is 0 Å². The van der Waals surface area contributed by atoms with Gasteiger partial charge in [-0.1, -0.05) is 30.3 Å². The lowest BCUT2D eigenvalue weighted by molar-refractivity contribution is -0.385. The summed E-state index contributed by atoms with van der Waals surface area (Å²) in [5, 5.41) is 14.2. The Kier molecular flexibility index (Phi) is 4.68. The van der Waals surface area contributed by atoms with Gasteiger partial charge in [-0.15, -0.1) is 0 Å². The average Bonchev–Trinajstić information content (AvgIpc) is 2.53. The maximum Gasteiger partial charge on any atom is 0.273 e. The molecule has 26 heavy (non-hydrogen) atoms. The fourth-order valence-electron chi connectivity index (χ4n) is 3.34. The molecule has 1 N–H and O–H groups in total. The average molecular weight is 354 g/mol. The number of benzene rings is 2. The molecule has 0 radical (unpaired) electrons. The van der Waals surface area contributed by atoms with E-state index in [9.17, 15) is 14.9 Å². The minimum atomic E-state index is -0.460. The summed E-state index contributed by atoms with van der Waals surface area (Å²) < 4.78 is 6.04. The first-order chi connectivity index (χ1) is 12.2. The molecule has 0 fully saturated rings. The normalized spacial score (nSPS) is 17.7. The first-order valence-corrected chi connectivity index (χ1v) is 8.56. The second-order valence-corrected chi connectivity index (χ2v) is 7.29. The Hall–Kier alpha value is -2.89. The van der Waals surface area contributed by atoms with Crippen LogP contribution in [0, 0.1) is 17.0 Å². The minimum Gasteiger partial charge on any atom is -0.487 e. The third kappa shape index (κ3) is 3.85. The monoisotopic (exact) mass is 354 g/mol. The first-order valence-electron chi connectivity index (χ1n) is 8.56. The zero-order chi connectivity index (χ0) is 18.9. The summed E-state index contributed by atoms with van der Waals surface area (Å²) in [5.74, 6) is 0.533. The quantitative estimate of drug-likeness (QED) is 0.667. The van der Waals surface area contributed by atoms with Gasteiger partial charge in [-0.05, 0) is 32.4 Å². The number of para-hydroxylation sites is 1. The van der Waals surface area contributed by atoms with Gasteiger partial charge in [0.2, 0.25) is 5.91 Å². The van der Waals surface area contributed by atoms with Crippen LogP contribution in [0.3, 0.4) is 0 Å². The summed E-state index contributed by atoms with van der Waals surface area (Å²) in [6, 6.07) is 12.1. The number of nitrogens with one attached hydrogen (secondary N) is 1. The summed E-state index contributed by atoms with van der Waals surface area (Å²) >= 11 is 0. The summed E-state index contributed by atoms with van der Waals surface area (Å²) in [6.45, 7) is 5.96. The van der Waals surface area contributed by atoms with E-state index >= 15 is 0 Å². The molecule has 0 saturated carbocycles. The highest BCUT2D eigenvalue weighted by molar-refractivity contribution is 5.80. The van der Waals surface area contributed by atoms with Crippen molar-refractivity contribution in [1.82, 2.24) is 5.32 Å². The molecule has 1 aliphatic rings. The molecule has 1 atom stereocenters. The fraction of sp³-hybridized carbons (Fsp3) is 0.350. The predicted octanol–water partition coefficient (Wildman–Crippen LogP) is 3.86. The molecule has 2 aromatic rings. The van der Waals surface area contributed by atoms with Crippen LogP contribution in [0.1, 0.15) is 43.0 Å². The van der Waals surface area contributed by atoms with E-state index in [0.29, 0.717) is 12.0 Å². The molecule has 2 aromatic carbocycles. The van der Waals surface area contributed by atoms with Gasteiger partial charge in [-0.3, -0.25) is 14.9 Å². The number of fused-ring (bicyclic) bond motifs is 1. The zero-order valence-electron chi connectivity index (χ0n) is 15.1. The Balaban J connectivity index is 1.81. The predicted molar refractivity (Wildman–Crippen MR) is 98.2 cm³/mol. The van der Waals surface area contributed by atoms with E-state index in [0.717, 1.165) is 16.9 Å². The summed E-state index contributed by atoms with van der Waals surface area (Å²) in [5.41, 5.74) is 1.99. The number of carbonyl (C=O) groups is 1. The van der Waals surface area contributed by atoms with Crippen molar-refractivity contribution in [2.45, 2.75) is 45.3 Å². The first kappa shape index (κ1) is 17.9. The molecule has 1 amide bonds. The van der Waals surface area contributed by atoms with E-state index in [1.165, 1.54) is 6.07 Å². The summed E-state index contributed by atoms with van der Waals surface area (Å²) in [4.78, 5) is 23.2. The van der Waals surface area contributed by atoms with Crippen molar-refractivity contribution < 1.29 is 14.5 Å². The molecule has 1 aliphatic heterocycles. The molecule has 0 saturated heterocycles. The second kappa shape index (κ2) is 6.78. The van der Waals surface area contributed by atoms with Crippen LogP contribution in [0.15, 0.2) is 42.5 Å². The number of carbonyl (C=O) groups excluding carboxylic acids is 1. The van der Waals surface area contributed by atoms with Gasteiger partial charge in [0.15, 0.2) is 0 Å². The van der Waals surface area contributed by atoms with Crippen molar-refractivity contribution in [1.29, 1.82) is 0 Å². The van der Waals surface area contributed by atoms with Crippen molar-refractivity contribution in [3.8, 4) is 5.75 Å². The SMILES string of the molecule is Cc1ccc2c(c1)OC(C)(C)C[C@@H]2NC(=O)Cc1ccccc1[N+](=O)[O-]. The van der Waals surface area contributed by atoms with Gasteiger partial charge >= 0.3 is 0 Å². The van der Waals surface area contributed by atoms with Crippen LogP contribution in [0.4, 0.5) is 5.69 Å². The molecule has 136 valence electrons. The van der Waals surface area contributed by atoms with E-state index in [1.807, 2.05) is 39.0 Å². The summed E-state index contributed by atoms with van der Waals surface area (Å²) in [7, 11) is 0. The van der Waals surface area contributed by atoms with Gasteiger partial charge in [0.25, 0.3) is 5.69 Å². The topological polar surface area (TPSA) is 81.5 Å². The molecule has 0 bridgehead atoms. The van der Waals surface area contributed by atoms with Crippen LogP contribution in [0.2, 0.25) is 0 Å². The van der Waals surface area contributed by atoms with Crippen LogP contribution < -0.4 is 10.1 Å². The van der Waals surface area contributed by atoms with Crippen LogP contribution in [-0.2, 0) is 11.2 Å². The van der Waals surface area contributed by atoms with Crippen LogP contribution in [0.5, 0.6) is 5.75 Å². The number of aryl methyl sites for hydroxylation is 1. The number of nitro groups is 1. The third-order valence-electron chi connectivity index (χ3n) is 4.50. The maximum atomic E-state index is 12.6. The smallest absolute Gasteiger partial charge is 0.273 e. The molecule has 6 nitrogen and oxygen atoms in total. The number of hydrogen-bond donors (Lipinski definition) is 1. The number of nitro benzene ring substituents is 1. The molecule has 6 heteroatoms. The zero-order valence-corrected chi connectivity index (χ0v) is 15.1. The Morgan fingerprint density at radius 3 is 2.77 bits per heavy atom. The van der Waals surface area contributed by atoms with Gasteiger partial charge in [-0.25, -0.2) is 0 Å². The lowest BCUT2D eigenvalue weighted by Crippen LogP contribution is -2.41. The number of rotatable bonds is 4. The van der Waals surface area contributed by atoms with Crippen molar-refractivity contribution in [3.63, 3.8) is 0 Å². The number of ether oxygens (including phenoxy) is 1. The molecule has 0 aromatic heterocycles. The van der Waals surface area contributed by atoms with Crippen molar-refractivity contribution in [3.05, 3.63) is 69.3 Å². The lowest BCUT2D eigenvalue weighted by Gasteiger charge is -2.38. The number of hydrogen-bond acceptors (Lipinski definition) is 4. The summed E-state index contributed by atoms with van der Waals surface area (Å²) in [6.07, 6.45) is 0.599. The fourth-order valence-corrected chi connectivity index (χ4v) is 3.34. The van der Waals surface area contributed by atoms with E-state index in [4.69, 9.17) is 4.74 Å². The van der Waals surface area contributed by atoms with E-state index in [2.05, 4.69) is 5.32 Å². The molecule has 0 unspecified atom stereocenters. The van der Waals surface area contributed by atoms with Crippen LogP contribution in [-0.4, -0.2) is 16.4 Å². The molecule has 3 rings (SSSR count). The van der Waals surface area contributed by atoms with Gasteiger partial charge in [0, 0.05) is 23.6 Å². The highest BCUT2D eigenvalue weighted by atomic mass is 16.6. The van der Waals surface area contributed by atoms with Gasteiger partial charge < -0.3 is 10.1 Å². The maximum absolute atomic E-state index is 12.6. The highest BCUT2D eigenvalue weighted by Gasteiger charge is 2.34. The van der Waals surface area contributed by atoms with E-state index in [-0.39, 0.29) is 24.1 Å². The Bertz CT molecular complexity index is 861. The molecular weight excluding hydrogens is 332 g/mol. The molecule has 0 spiro atoms.